The molecule has 0 unspecified atom stereocenters. The van der Waals surface area contributed by atoms with E-state index in [1.165, 1.54) is 4.90 Å². The number of aliphatic hydroxyl groups excluding tert-OH is 1. The maximum Gasteiger partial charge on any atom is 0.295 e. The Balaban J connectivity index is 1.60. The van der Waals surface area contributed by atoms with Crippen molar-refractivity contribution in [3.05, 3.63) is 89.0 Å². The maximum atomic E-state index is 13.5. The van der Waals surface area contributed by atoms with Crippen LogP contribution in [0.1, 0.15) is 36.6 Å². The number of nitrogens with zero attached hydrogens (tertiary/aromatic N) is 1. The third-order valence-corrected chi connectivity index (χ3v) is 6.72. The molecule has 1 fully saturated rings. The zero-order valence-electron chi connectivity index (χ0n) is 22.0. The van der Waals surface area contributed by atoms with Crippen molar-refractivity contribution in [2.45, 2.75) is 26.3 Å². The molecule has 1 atom stereocenters. The first-order valence-corrected chi connectivity index (χ1v) is 13.1. The van der Waals surface area contributed by atoms with E-state index >= 15 is 0 Å². The summed E-state index contributed by atoms with van der Waals surface area (Å²) in [6.45, 7) is 5.73. The first-order chi connectivity index (χ1) is 19.0. The van der Waals surface area contributed by atoms with Gasteiger partial charge in [0.15, 0.2) is 23.0 Å². The minimum Gasteiger partial charge on any atom is -0.507 e. The van der Waals surface area contributed by atoms with Gasteiger partial charge in [-0.25, -0.2) is 0 Å². The molecule has 5 rings (SSSR count). The Hall–Kier alpha value is -4.46. The predicted molar refractivity (Wildman–Crippen MR) is 145 cm³/mol. The molecule has 2 heterocycles. The van der Waals surface area contributed by atoms with Gasteiger partial charge in [-0.05, 0) is 61.7 Å². The normalized spacial score (nSPS) is 17.8. The van der Waals surface area contributed by atoms with Gasteiger partial charge in [-0.1, -0.05) is 36.4 Å². The van der Waals surface area contributed by atoms with E-state index in [9.17, 15) is 14.7 Å². The quantitative estimate of drug-likeness (QED) is 0.239. The van der Waals surface area contributed by atoms with Crippen LogP contribution in [0.5, 0.6) is 23.0 Å². The molecule has 0 saturated carbocycles. The molecule has 2 aliphatic heterocycles. The summed E-state index contributed by atoms with van der Waals surface area (Å²) in [5.74, 6) is 0.421. The van der Waals surface area contributed by atoms with E-state index in [1.54, 1.807) is 36.4 Å². The monoisotopic (exact) mass is 529 g/mol. The van der Waals surface area contributed by atoms with Gasteiger partial charge < -0.3 is 29.0 Å². The molecule has 39 heavy (non-hydrogen) atoms. The van der Waals surface area contributed by atoms with Crippen molar-refractivity contribution in [1.82, 2.24) is 4.90 Å². The lowest BCUT2D eigenvalue weighted by Crippen LogP contribution is -2.31. The van der Waals surface area contributed by atoms with Crippen LogP contribution >= 0.6 is 0 Å². The highest BCUT2D eigenvalue weighted by atomic mass is 16.6. The Labute approximate surface area is 227 Å². The lowest BCUT2D eigenvalue weighted by Gasteiger charge is -2.26. The summed E-state index contributed by atoms with van der Waals surface area (Å²) in [6.07, 6.45) is 0.545. The van der Waals surface area contributed by atoms with Crippen LogP contribution in [0.25, 0.3) is 5.76 Å². The molecule has 3 aromatic carbocycles. The molecule has 0 spiro atoms. The van der Waals surface area contributed by atoms with Crippen LogP contribution in [-0.4, -0.2) is 54.7 Å². The Kier molecular flexibility index (Phi) is 7.72. The molecule has 1 N–H and O–H groups in total. The fraction of sp³-hybridized carbons (Fsp3) is 0.290. The number of likely N-dealkylation sites (tertiary alicyclic amines) is 1. The molecule has 0 bridgehead atoms. The topological polar surface area (TPSA) is 94.5 Å². The summed E-state index contributed by atoms with van der Waals surface area (Å²) in [4.78, 5) is 28.4. The van der Waals surface area contributed by atoms with Gasteiger partial charge in [0, 0.05) is 12.1 Å². The largest absolute Gasteiger partial charge is 0.507 e. The number of hydrogen-bond donors (Lipinski definition) is 1. The Morgan fingerprint density at radius 3 is 2.36 bits per heavy atom. The summed E-state index contributed by atoms with van der Waals surface area (Å²) >= 11 is 0. The predicted octanol–water partition coefficient (Wildman–Crippen LogP) is 4.92. The lowest BCUT2D eigenvalue weighted by molar-refractivity contribution is -0.139. The number of ketones is 1. The molecule has 2 aliphatic rings. The second kappa shape index (κ2) is 11.5. The van der Waals surface area contributed by atoms with Gasteiger partial charge in [0.2, 0.25) is 0 Å². The van der Waals surface area contributed by atoms with Crippen molar-refractivity contribution in [2.75, 3.05) is 33.0 Å². The van der Waals surface area contributed by atoms with Crippen molar-refractivity contribution in [1.29, 1.82) is 0 Å². The summed E-state index contributed by atoms with van der Waals surface area (Å²) in [6, 6.07) is 19.2. The zero-order chi connectivity index (χ0) is 27.4. The molecule has 0 radical (unpaired) electrons. The van der Waals surface area contributed by atoms with Crippen LogP contribution in [0.2, 0.25) is 0 Å². The van der Waals surface area contributed by atoms with Crippen LogP contribution in [0.15, 0.2) is 72.3 Å². The summed E-state index contributed by atoms with van der Waals surface area (Å²) in [7, 11) is 0. The minimum absolute atomic E-state index is 0.0105. The molecular formula is C31H31NO7. The van der Waals surface area contributed by atoms with Crippen molar-refractivity contribution in [2.24, 2.45) is 0 Å². The number of amides is 1. The van der Waals surface area contributed by atoms with Gasteiger partial charge in [-0.2, -0.15) is 0 Å². The number of carbonyl (C=O) groups excluding carboxylic acids is 2. The molecule has 3 aromatic rings. The van der Waals surface area contributed by atoms with Crippen molar-refractivity contribution < 1.29 is 33.6 Å². The van der Waals surface area contributed by atoms with Crippen LogP contribution in [0.4, 0.5) is 0 Å². The van der Waals surface area contributed by atoms with Crippen molar-refractivity contribution >= 4 is 17.4 Å². The number of hydrogen-bond acceptors (Lipinski definition) is 7. The van der Waals surface area contributed by atoms with Gasteiger partial charge in [0.05, 0.1) is 24.8 Å². The summed E-state index contributed by atoms with van der Waals surface area (Å²) in [5, 5.41) is 11.5. The Bertz CT molecular complexity index is 1400. The third-order valence-electron chi connectivity index (χ3n) is 6.72. The number of aliphatic hydroxyl groups is 1. The second-order valence-corrected chi connectivity index (χ2v) is 9.16. The van der Waals surface area contributed by atoms with Gasteiger partial charge in [-0.3, -0.25) is 9.59 Å². The second-order valence-electron chi connectivity index (χ2n) is 9.16. The lowest BCUT2D eigenvalue weighted by atomic mass is 9.94. The number of rotatable bonds is 9. The molecule has 202 valence electrons. The van der Waals surface area contributed by atoms with Crippen LogP contribution in [0, 0.1) is 0 Å². The average molecular weight is 530 g/mol. The standard InChI is InChI=1S/C31H31NO7/c1-3-36-23-12-10-21(18-25(23)37-4-2)28-27(29(33)22-11-13-24-26(19-22)39-17-16-38-24)30(34)31(35)32(28)15-14-20-8-6-5-7-9-20/h5-13,18-19,28,33H,3-4,14-17H2,1-2H3/b29-27+/t28-/m1/s1. The van der Waals surface area contributed by atoms with E-state index in [4.69, 9.17) is 18.9 Å². The summed E-state index contributed by atoms with van der Waals surface area (Å²) < 4.78 is 22.8. The van der Waals surface area contributed by atoms with Gasteiger partial charge >= 0.3 is 0 Å². The smallest absolute Gasteiger partial charge is 0.295 e. The molecule has 8 nitrogen and oxygen atoms in total. The summed E-state index contributed by atoms with van der Waals surface area (Å²) in [5.41, 5.74) is 2.04. The van der Waals surface area contributed by atoms with Gasteiger partial charge in [-0.15, -0.1) is 0 Å². The van der Waals surface area contributed by atoms with Crippen molar-refractivity contribution in [3.63, 3.8) is 0 Å². The van der Waals surface area contributed by atoms with Crippen LogP contribution in [-0.2, 0) is 16.0 Å². The van der Waals surface area contributed by atoms with E-state index in [0.717, 1.165) is 5.56 Å². The highest BCUT2D eigenvalue weighted by molar-refractivity contribution is 6.46. The van der Waals surface area contributed by atoms with Crippen LogP contribution < -0.4 is 18.9 Å². The molecular weight excluding hydrogens is 498 g/mol. The molecule has 0 aliphatic carbocycles. The highest BCUT2D eigenvalue weighted by Gasteiger charge is 2.46. The SMILES string of the molecule is CCOc1ccc([C@@H]2/C(=C(\O)c3ccc4c(c3)OCCO4)C(=O)C(=O)N2CCc2ccccc2)cc1OCC. The van der Waals surface area contributed by atoms with E-state index in [2.05, 4.69) is 0 Å². The number of ether oxygens (including phenoxy) is 4. The fourth-order valence-corrected chi connectivity index (χ4v) is 4.94. The van der Waals surface area contributed by atoms with E-state index in [0.29, 0.717) is 67.0 Å². The molecule has 0 aromatic heterocycles. The van der Waals surface area contributed by atoms with E-state index in [-0.39, 0.29) is 17.9 Å². The molecule has 1 saturated heterocycles. The minimum atomic E-state index is -0.822. The maximum absolute atomic E-state index is 13.5. The van der Waals surface area contributed by atoms with Gasteiger partial charge in [0.25, 0.3) is 11.7 Å². The van der Waals surface area contributed by atoms with Crippen molar-refractivity contribution in [3.8, 4) is 23.0 Å². The average Bonchev–Trinajstić information content (AvgIpc) is 3.22. The van der Waals surface area contributed by atoms with Gasteiger partial charge in [0.1, 0.15) is 19.0 Å². The van der Waals surface area contributed by atoms with E-state index < -0.39 is 17.7 Å². The van der Waals surface area contributed by atoms with E-state index in [1.807, 2.05) is 44.2 Å². The third kappa shape index (κ3) is 5.27. The zero-order valence-corrected chi connectivity index (χ0v) is 22.0. The Morgan fingerprint density at radius 2 is 1.62 bits per heavy atom. The number of benzene rings is 3. The Morgan fingerprint density at radius 1 is 0.897 bits per heavy atom. The molecule has 1 amide bonds. The number of Topliss-reactive ketones (excluding diaryl/α,β-unsaturated/α-hetero) is 1. The number of carbonyl (C=O) groups is 2. The first-order valence-electron chi connectivity index (χ1n) is 13.1. The first kappa shape index (κ1) is 26.2. The fourth-order valence-electron chi connectivity index (χ4n) is 4.94. The highest BCUT2D eigenvalue weighted by Crippen LogP contribution is 2.43. The number of fused-ring (bicyclic) bond motifs is 1. The molecule has 8 heteroatoms. The van der Waals surface area contributed by atoms with Crippen LogP contribution in [0.3, 0.4) is 0 Å².